The van der Waals surface area contributed by atoms with Crippen molar-refractivity contribution in [2.75, 3.05) is 13.6 Å². The van der Waals surface area contributed by atoms with E-state index in [-0.39, 0.29) is 0 Å². The molecule has 1 aromatic heterocycles. The molecular weight excluding hydrogens is 328 g/mol. The molecule has 3 rings (SSSR count). The Labute approximate surface area is 164 Å². The van der Waals surface area contributed by atoms with Gasteiger partial charge in [0.15, 0.2) is 0 Å². The van der Waals surface area contributed by atoms with Crippen LogP contribution in [0.1, 0.15) is 38.3 Å². The summed E-state index contributed by atoms with van der Waals surface area (Å²) in [5.74, 6) is 0. The summed E-state index contributed by atoms with van der Waals surface area (Å²) in [6, 6.07) is 15.7. The second kappa shape index (κ2) is 8.58. The minimum atomic E-state index is 0.931. The zero-order chi connectivity index (χ0) is 19.4. The average Bonchev–Trinajstić information content (AvgIpc) is 2.97. The summed E-state index contributed by atoms with van der Waals surface area (Å²) in [6.45, 7) is 11.8. The number of nitrogens with zero attached hydrogens (tertiary/aromatic N) is 2. The van der Waals surface area contributed by atoms with Crippen LogP contribution in [-0.2, 0) is 13.1 Å². The van der Waals surface area contributed by atoms with Crippen molar-refractivity contribution in [3.05, 3.63) is 71.4 Å². The molecule has 0 bridgehead atoms. The monoisotopic (exact) mass is 360 g/mol. The molecule has 0 fully saturated rings. The van der Waals surface area contributed by atoms with Gasteiger partial charge in [0.05, 0.1) is 0 Å². The van der Waals surface area contributed by atoms with Crippen LogP contribution in [0.25, 0.3) is 22.0 Å². The van der Waals surface area contributed by atoms with Gasteiger partial charge >= 0.3 is 0 Å². The standard InChI is InChI=1S/C25H32N2/c1-6-13-26(5)17-23-18-27(14-12-19(2)3)25-11-10-22(16-24(23)25)21-9-7-8-20(4)15-21/h7-12,15-16,18H,6,13-14,17H2,1-5H3. The summed E-state index contributed by atoms with van der Waals surface area (Å²) >= 11 is 0. The van der Waals surface area contributed by atoms with Gasteiger partial charge in [-0.1, -0.05) is 54.5 Å². The number of allylic oxidation sites excluding steroid dienone is 2. The fraction of sp³-hybridized carbons (Fsp3) is 0.360. The van der Waals surface area contributed by atoms with Crippen LogP contribution >= 0.6 is 0 Å². The minimum Gasteiger partial charge on any atom is -0.343 e. The van der Waals surface area contributed by atoms with Crippen molar-refractivity contribution < 1.29 is 0 Å². The lowest BCUT2D eigenvalue weighted by atomic mass is 10.0. The fourth-order valence-electron chi connectivity index (χ4n) is 3.68. The van der Waals surface area contributed by atoms with Crippen molar-refractivity contribution in [2.45, 2.75) is 47.2 Å². The Morgan fingerprint density at radius 3 is 2.56 bits per heavy atom. The molecule has 1 heterocycles. The summed E-state index contributed by atoms with van der Waals surface area (Å²) < 4.78 is 2.39. The minimum absolute atomic E-state index is 0.931. The second-order valence-electron chi connectivity index (χ2n) is 7.93. The molecule has 2 heteroatoms. The molecule has 142 valence electrons. The maximum atomic E-state index is 2.42. The number of hydrogen-bond donors (Lipinski definition) is 0. The third-order valence-corrected chi connectivity index (χ3v) is 5.06. The average molecular weight is 361 g/mol. The molecule has 0 aliphatic heterocycles. The number of aryl methyl sites for hydroxylation is 1. The van der Waals surface area contributed by atoms with Gasteiger partial charge in [-0.25, -0.2) is 0 Å². The number of benzene rings is 2. The normalized spacial score (nSPS) is 11.3. The summed E-state index contributed by atoms with van der Waals surface area (Å²) in [4.78, 5) is 2.42. The highest BCUT2D eigenvalue weighted by molar-refractivity contribution is 5.88. The maximum absolute atomic E-state index is 2.42. The van der Waals surface area contributed by atoms with Gasteiger partial charge in [0, 0.05) is 30.2 Å². The molecule has 0 radical (unpaired) electrons. The van der Waals surface area contributed by atoms with Gasteiger partial charge in [-0.2, -0.15) is 0 Å². The van der Waals surface area contributed by atoms with E-state index in [0.29, 0.717) is 0 Å². The van der Waals surface area contributed by atoms with E-state index < -0.39 is 0 Å². The number of hydrogen-bond acceptors (Lipinski definition) is 1. The first-order valence-corrected chi connectivity index (χ1v) is 9.98. The first-order valence-electron chi connectivity index (χ1n) is 9.98. The SMILES string of the molecule is CCCN(C)Cc1cn(CC=C(C)C)c2ccc(-c3cccc(C)c3)cc12. The summed E-state index contributed by atoms with van der Waals surface area (Å²) in [5.41, 5.74) is 7.99. The van der Waals surface area contributed by atoms with Crippen LogP contribution in [0.5, 0.6) is 0 Å². The van der Waals surface area contributed by atoms with Crippen molar-refractivity contribution in [2.24, 2.45) is 0 Å². The van der Waals surface area contributed by atoms with Crippen molar-refractivity contribution >= 4 is 10.9 Å². The second-order valence-corrected chi connectivity index (χ2v) is 7.93. The van der Waals surface area contributed by atoms with Gasteiger partial charge in [0.1, 0.15) is 0 Å². The molecule has 0 spiro atoms. The molecule has 0 unspecified atom stereocenters. The Balaban J connectivity index is 2.07. The van der Waals surface area contributed by atoms with E-state index in [1.54, 1.807) is 0 Å². The van der Waals surface area contributed by atoms with Gasteiger partial charge in [0.25, 0.3) is 0 Å². The number of rotatable bonds is 7. The molecule has 0 saturated carbocycles. The zero-order valence-corrected chi connectivity index (χ0v) is 17.4. The Morgan fingerprint density at radius 2 is 1.85 bits per heavy atom. The topological polar surface area (TPSA) is 8.17 Å². The zero-order valence-electron chi connectivity index (χ0n) is 17.4. The molecule has 0 amide bonds. The van der Waals surface area contributed by atoms with E-state index in [1.165, 1.54) is 45.2 Å². The lowest BCUT2D eigenvalue weighted by Crippen LogP contribution is -2.18. The third kappa shape index (κ3) is 4.70. The highest BCUT2D eigenvalue weighted by Gasteiger charge is 2.11. The smallest absolute Gasteiger partial charge is 0.0487 e. The molecular formula is C25H32N2. The number of aromatic nitrogens is 1. The highest BCUT2D eigenvalue weighted by atomic mass is 15.1. The molecule has 3 aromatic rings. The van der Waals surface area contributed by atoms with Crippen LogP contribution < -0.4 is 0 Å². The molecule has 2 aromatic carbocycles. The Kier molecular flexibility index (Phi) is 6.18. The van der Waals surface area contributed by atoms with Crippen LogP contribution in [-0.4, -0.2) is 23.1 Å². The molecule has 0 saturated heterocycles. The third-order valence-electron chi connectivity index (χ3n) is 5.06. The van der Waals surface area contributed by atoms with E-state index in [2.05, 4.69) is 98.9 Å². The van der Waals surface area contributed by atoms with E-state index in [4.69, 9.17) is 0 Å². The molecule has 0 aliphatic rings. The van der Waals surface area contributed by atoms with Gasteiger partial charge in [-0.15, -0.1) is 0 Å². The predicted octanol–water partition coefficient (Wildman–Crippen LogP) is 6.42. The van der Waals surface area contributed by atoms with Crippen LogP contribution in [0, 0.1) is 6.92 Å². The van der Waals surface area contributed by atoms with Crippen LogP contribution in [0.4, 0.5) is 0 Å². The Hall–Kier alpha value is -2.32. The lowest BCUT2D eigenvalue weighted by molar-refractivity contribution is 0.328. The lowest BCUT2D eigenvalue weighted by Gasteiger charge is -2.14. The summed E-state index contributed by atoms with van der Waals surface area (Å²) in [5, 5.41) is 1.37. The van der Waals surface area contributed by atoms with Crippen molar-refractivity contribution in [3.8, 4) is 11.1 Å². The van der Waals surface area contributed by atoms with Crippen LogP contribution in [0.2, 0.25) is 0 Å². The largest absolute Gasteiger partial charge is 0.343 e. The van der Waals surface area contributed by atoms with E-state index in [9.17, 15) is 0 Å². The van der Waals surface area contributed by atoms with Crippen molar-refractivity contribution in [3.63, 3.8) is 0 Å². The Bertz CT molecular complexity index is 942. The van der Waals surface area contributed by atoms with E-state index >= 15 is 0 Å². The van der Waals surface area contributed by atoms with Crippen molar-refractivity contribution in [1.29, 1.82) is 0 Å². The Morgan fingerprint density at radius 1 is 1.07 bits per heavy atom. The number of fused-ring (bicyclic) bond motifs is 1. The van der Waals surface area contributed by atoms with E-state index in [1.807, 2.05) is 0 Å². The predicted molar refractivity (Wildman–Crippen MR) is 118 cm³/mol. The van der Waals surface area contributed by atoms with Gasteiger partial charge in [-0.05, 0) is 69.6 Å². The fourth-order valence-corrected chi connectivity index (χ4v) is 3.68. The van der Waals surface area contributed by atoms with Gasteiger partial charge in [-0.3, -0.25) is 0 Å². The summed E-state index contributed by atoms with van der Waals surface area (Å²) in [6.07, 6.45) is 5.82. The first-order chi connectivity index (χ1) is 13.0. The molecule has 2 nitrogen and oxygen atoms in total. The van der Waals surface area contributed by atoms with E-state index in [0.717, 1.165) is 19.6 Å². The molecule has 0 aliphatic carbocycles. The van der Waals surface area contributed by atoms with Crippen molar-refractivity contribution in [1.82, 2.24) is 9.47 Å². The summed E-state index contributed by atoms with van der Waals surface area (Å²) in [7, 11) is 2.22. The molecule has 0 N–H and O–H groups in total. The highest BCUT2D eigenvalue weighted by Crippen LogP contribution is 2.29. The van der Waals surface area contributed by atoms with Crippen LogP contribution in [0.15, 0.2) is 60.3 Å². The maximum Gasteiger partial charge on any atom is 0.0487 e. The quantitative estimate of drug-likeness (QED) is 0.441. The van der Waals surface area contributed by atoms with Gasteiger partial charge in [0.2, 0.25) is 0 Å². The molecule has 27 heavy (non-hydrogen) atoms. The molecule has 0 atom stereocenters. The van der Waals surface area contributed by atoms with Crippen LogP contribution in [0.3, 0.4) is 0 Å². The van der Waals surface area contributed by atoms with Gasteiger partial charge < -0.3 is 9.47 Å². The first kappa shape index (κ1) is 19.4.